The molecule has 2 aromatic carbocycles. The van der Waals surface area contributed by atoms with E-state index in [0.717, 1.165) is 32.1 Å². The van der Waals surface area contributed by atoms with E-state index in [1.807, 2.05) is 30.3 Å². The quantitative estimate of drug-likeness (QED) is 0.656. The maximum atomic E-state index is 12.6. The molecule has 0 radical (unpaired) electrons. The lowest BCUT2D eigenvalue weighted by molar-refractivity contribution is -0.157. The number of fused-ring (bicyclic) bond motifs is 5. The van der Waals surface area contributed by atoms with Crippen LogP contribution in [0.25, 0.3) is 0 Å². The van der Waals surface area contributed by atoms with Crippen molar-refractivity contribution < 1.29 is 14.6 Å². The van der Waals surface area contributed by atoms with Crippen LogP contribution in [0.5, 0.6) is 5.75 Å². The third kappa shape index (κ3) is 3.42. The van der Waals surface area contributed by atoms with Gasteiger partial charge in [0.1, 0.15) is 11.9 Å². The third-order valence-corrected chi connectivity index (χ3v) is 8.36. The second-order valence-electron chi connectivity index (χ2n) is 9.88. The Hall–Kier alpha value is -2.29. The first-order valence-corrected chi connectivity index (χ1v) is 11.6. The first kappa shape index (κ1) is 19.7. The SMILES string of the molecule is C[C@]12CC[C@@H]3c4ccc(O)cc4CC[C@@H]3[C@H]1CC[C@H]2OC(=O)CCc1ccccc1. The molecule has 5 atom stereocenters. The summed E-state index contributed by atoms with van der Waals surface area (Å²) in [5.41, 5.74) is 4.09. The Morgan fingerprint density at radius 1 is 1.10 bits per heavy atom. The van der Waals surface area contributed by atoms with Crippen molar-refractivity contribution in [3.8, 4) is 5.75 Å². The van der Waals surface area contributed by atoms with E-state index >= 15 is 0 Å². The number of hydrogen-bond donors (Lipinski definition) is 1. The molecule has 3 heteroatoms. The predicted octanol–water partition coefficient (Wildman–Crippen LogP) is 5.79. The molecule has 5 rings (SSSR count). The van der Waals surface area contributed by atoms with E-state index in [1.54, 1.807) is 0 Å². The fourth-order valence-corrected chi connectivity index (χ4v) is 6.82. The second kappa shape index (κ2) is 7.76. The summed E-state index contributed by atoms with van der Waals surface area (Å²) in [5, 5.41) is 9.86. The van der Waals surface area contributed by atoms with Crippen molar-refractivity contribution in [1.29, 1.82) is 0 Å². The normalized spacial score (nSPS) is 32.0. The summed E-state index contributed by atoms with van der Waals surface area (Å²) in [6.07, 6.45) is 7.97. The summed E-state index contributed by atoms with van der Waals surface area (Å²) in [5.74, 6) is 2.24. The van der Waals surface area contributed by atoms with Gasteiger partial charge in [0, 0.05) is 11.8 Å². The van der Waals surface area contributed by atoms with Crippen LogP contribution in [0.2, 0.25) is 0 Å². The van der Waals surface area contributed by atoms with Gasteiger partial charge < -0.3 is 9.84 Å². The van der Waals surface area contributed by atoms with E-state index in [0.29, 0.717) is 29.9 Å². The lowest BCUT2D eigenvalue weighted by Crippen LogP contribution is -2.45. The molecule has 0 saturated heterocycles. The summed E-state index contributed by atoms with van der Waals surface area (Å²) in [6, 6.07) is 16.2. The minimum atomic E-state index is -0.0442. The van der Waals surface area contributed by atoms with E-state index in [4.69, 9.17) is 4.74 Å². The van der Waals surface area contributed by atoms with Gasteiger partial charge in [-0.15, -0.1) is 0 Å². The van der Waals surface area contributed by atoms with Crippen molar-refractivity contribution in [3.63, 3.8) is 0 Å². The maximum absolute atomic E-state index is 12.6. The molecule has 1 N–H and O–H groups in total. The summed E-state index contributed by atoms with van der Waals surface area (Å²) < 4.78 is 6.10. The number of phenolic OH excluding ortho intramolecular Hbond substituents is 1. The molecule has 158 valence electrons. The molecule has 0 bridgehead atoms. The van der Waals surface area contributed by atoms with E-state index in [1.165, 1.54) is 29.5 Å². The van der Waals surface area contributed by atoms with Gasteiger partial charge in [0.25, 0.3) is 0 Å². The highest BCUT2D eigenvalue weighted by atomic mass is 16.5. The van der Waals surface area contributed by atoms with Gasteiger partial charge in [0.05, 0.1) is 0 Å². The van der Waals surface area contributed by atoms with Crippen molar-refractivity contribution >= 4 is 5.97 Å². The summed E-state index contributed by atoms with van der Waals surface area (Å²) in [6.45, 7) is 2.38. The van der Waals surface area contributed by atoms with Crippen molar-refractivity contribution in [2.24, 2.45) is 17.3 Å². The van der Waals surface area contributed by atoms with Gasteiger partial charge in [-0.05, 0) is 91.5 Å². The first-order chi connectivity index (χ1) is 14.5. The lowest BCUT2D eigenvalue weighted by Gasteiger charge is -2.50. The van der Waals surface area contributed by atoms with Crippen LogP contribution in [-0.4, -0.2) is 17.2 Å². The number of ether oxygens (including phenoxy) is 1. The molecule has 2 saturated carbocycles. The number of rotatable bonds is 4. The molecule has 3 aliphatic rings. The van der Waals surface area contributed by atoms with Crippen molar-refractivity contribution in [1.82, 2.24) is 0 Å². The molecule has 2 aromatic rings. The third-order valence-electron chi connectivity index (χ3n) is 8.36. The van der Waals surface area contributed by atoms with Gasteiger partial charge in [0.2, 0.25) is 0 Å². The lowest BCUT2D eigenvalue weighted by atomic mass is 9.55. The van der Waals surface area contributed by atoms with Crippen LogP contribution < -0.4 is 0 Å². The Balaban J connectivity index is 1.26. The molecule has 0 amide bonds. The van der Waals surface area contributed by atoms with Crippen LogP contribution in [0.15, 0.2) is 48.5 Å². The van der Waals surface area contributed by atoms with Gasteiger partial charge in [-0.25, -0.2) is 0 Å². The summed E-state index contributed by atoms with van der Waals surface area (Å²) in [7, 11) is 0. The van der Waals surface area contributed by atoms with Crippen LogP contribution in [0.3, 0.4) is 0 Å². The average Bonchev–Trinajstić information content (AvgIpc) is 3.09. The zero-order chi connectivity index (χ0) is 20.7. The molecule has 30 heavy (non-hydrogen) atoms. The minimum Gasteiger partial charge on any atom is -0.508 e. The van der Waals surface area contributed by atoms with Gasteiger partial charge in [-0.1, -0.05) is 43.3 Å². The highest BCUT2D eigenvalue weighted by Gasteiger charge is 2.56. The van der Waals surface area contributed by atoms with Crippen molar-refractivity contribution in [3.05, 3.63) is 65.2 Å². The molecule has 0 unspecified atom stereocenters. The average molecular weight is 405 g/mol. The van der Waals surface area contributed by atoms with E-state index in [9.17, 15) is 9.90 Å². The number of carbonyl (C=O) groups excluding carboxylic acids is 1. The molecular formula is C27H32O3. The fraction of sp³-hybridized carbons (Fsp3) is 0.519. The Bertz CT molecular complexity index is 921. The fourth-order valence-electron chi connectivity index (χ4n) is 6.82. The first-order valence-electron chi connectivity index (χ1n) is 11.6. The summed E-state index contributed by atoms with van der Waals surface area (Å²) in [4.78, 5) is 12.6. The molecular weight excluding hydrogens is 372 g/mol. The number of phenols is 1. The molecule has 0 heterocycles. The molecule has 2 fully saturated rings. The Morgan fingerprint density at radius 2 is 1.93 bits per heavy atom. The van der Waals surface area contributed by atoms with E-state index in [-0.39, 0.29) is 17.5 Å². The molecule has 0 aliphatic heterocycles. The number of aryl methyl sites for hydroxylation is 2. The monoisotopic (exact) mass is 404 g/mol. The summed E-state index contributed by atoms with van der Waals surface area (Å²) >= 11 is 0. The molecule has 0 spiro atoms. The smallest absolute Gasteiger partial charge is 0.306 e. The number of hydrogen-bond acceptors (Lipinski definition) is 3. The maximum Gasteiger partial charge on any atom is 0.306 e. The largest absolute Gasteiger partial charge is 0.508 e. The Kier molecular flexibility index (Phi) is 5.08. The highest BCUT2D eigenvalue weighted by Crippen LogP contribution is 2.61. The number of aromatic hydroxyl groups is 1. The molecule has 3 nitrogen and oxygen atoms in total. The number of carbonyl (C=O) groups is 1. The van der Waals surface area contributed by atoms with E-state index < -0.39 is 0 Å². The van der Waals surface area contributed by atoms with E-state index in [2.05, 4.69) is 25.1 Å². The zero-order valence-electron chi connectivity index (χ0n) is 17.8. The van der Waals surface area contributed by atoms with Crippen molar-refractivity contribution in [2.75, 3.05) is 0 Å². The van der Waals surface area contributed by atoms with Gasteiger partial charge in [-0.3, -0.25) is 4.79 Å². The van der Waals surface area contributed by atoms with Crippen LogP contribution in [0.1, 0.15) is 68.1 Å². The van der Waals surface area contributed by atoms with Crippen LogP contribution in [-0.2, 0) is 22.4 Å². The second-order valence-corrected chi connectivity index (χ2v) is 9.88. The topological polar surface area (TPSA) is 46.5 Å². The zero-order valence-corrected chi connectivity index (χ0v) is 17.8. The number of esters is 1. The Labute approximate surface area is 179 Å². The van der Waals surface area contributed by atoms with Crippen LogP contribution in [0, 0.1) is 17.3 Å². The molecule has 0 aromatic heterocycles. The van der Waals surface area contributed by atoms with Crippen molar-refractivity contribution in [2.45, 2.75) is 70.3 Å². The van der Waals surface area contributed by atoms with Gasteiger partial charge in [0.15, 0.2) is 0 Å². The van der Waals surface area contributed by atoms with Crippen LogP contribution in [0.4, 0.5) is 0 Å². The predicted molar refractivity (Wildman–Crippen MR) is 117 cm³/mol. The Morgan fingerprint density at radius 3 is 2.77 bits per heavy atom. The highest BCUT2D eigenvalue weighted by molar-refractivity contribution is 5.70. The minimum absolute atomic E-state index is 0.0442. The van der Waals surface area contributed by atoms with Crippen LogP contribution >= 0.6 is 0 Å². The standard InChI is InChI=1S/C27H32O3/c1-27-16-15-22-21-11-9-20(28)17-19(21)8-10-23(22)24(27)12-13-25(27)30-26(29)14-7-18-5-3-2-4-6-18/h2-6,9,11,17,22-25,28H,7-8,10,12-16H2,1H3/t22-,23+,24-,25-,27+/m1/s1. The molecule has 3 aliphatic carbocycles. The van der Waals surface area contributed by atoms with Gasteiger partial charge in [-0.2, -0.15) is 0 Å². The number of benzene rings is 2. The van der Waals surface area contributed by atoms with Gasteiger partial charge >= 0.3 is 5.97 Å².